The van der Waals surface area contributed by atoms with Gasteiger partial charge in [0.05, 0.1) is 10.9 Å². The molecule has 1 rings (SSSR count). The zero-order valence-electron chi connectivity index (χ0n) is 6.40. The second kappa shape index (κ2) is 4.07. The Labute approximate surface area is 83.7 Å². The van der Waals surface area contributed by atoms with Crippen LogP contribution >= 0.6 is 23.2 Å². The van der Waals surface area contributed by atoms with E-state index in [4.69, 9.17) is 28.9 Å². The predicted molar refractivity (Wildman–Crippen MR) is 48.2 cm³/mol. The summed E-state index contributed by atoms with van der Waals surface area (Å²) >= 11 is 11.1. The Bertz CT molecular complexity index is 318. The maximum Gasteiger partial charge on any atom is 0.280 e. The predicted octanol–water partition coefficient (Wildman–Crippen LogP) is 2.99. The molecule has 2 N–H and O–H groups in total. The van der Waals surface area contributed by atoms with Gasteiger partial charge in [0, 0.05) is 5.56 Å². The van der Waals surface area contributed by atoms with Crippen molar-refractivity contribution in [2.24, 2.45) is 0 Å². The Kier molecular flexibility index (Phi) is 3.27. The topological polar surface area (TPSA) is 38.9 Å². The number of nitrogens with zero attached hydrogens (tertiary/aromatic N) is 1. The van der Waals surface area contributed by atoms with Crippen molar-refractivity contribution in [2.45, 2.75) is 12.3 Å². The zero-order valence-corrected chi connectivity index (χ0v) is 7.91. The third kappa shape index (κ3) is 2.19. The van der Waals surface area contributed by atoms with Gasteiger partial charge in [-0.2, -0.15) is 0 Å². The smallest absolute Gasteiger partial charge is 0.280 e. The molecule has 1 aromatic heterocycles. The molecule has 0 saturated carbocycles. The van der Waals surface area contributed by atoms with Crippen LogP contribution in [0.1, 0.15) is 17.7 Å². The lowest BCUT2D eigenvalue weighted by Gasteiger charge is -2.07. The van der Waals surface area contributed by atoms with Crippen molar-refractivity contribution in [2.75, 3.05) is 5.73 Å². The molecule has 0 unspecified atom stereocenters. The zero-order chi connectivity index (χ0) is 10.0. The minimum absolute atomic E-state index is 0.0332. The van der Waals surface area contributed by atoms with Gasteiger partial charge in [0.1, 0.15) is 11.5 Å². The van der Waals surface area contributed by atoms with Crippen molar-refractivity contribution in [3.05, 3.63) is 22.3 Å². The lowest BCUT2D eigenvalue weighted by Crippen LogP contribution is -2.01. The van der Waals surface area contributed by atoms with Crippen LogP contribution < -0.4 is 5.73 Å². The summed E-state index contributed by atoms with van der Waals surface area (Å²) in [6.45, 7) is 0. The highest BCUT2D eigenvalue weighted by Gasteiger charge is 2.17. The van der Waals surface area contributed by atoms with E-state index in [-0.39, 0.29) is 22.3 Å². The summed E-state index contributed by atoms with van der Waals surface area (Å²) in [6, 6.07) is 1.30. The van der Waals surface area contributed by atoms with Crippen molar-refractivity contribution in [1.82, 2.24) is 4.98 Å². The van der Waals surface area contributed by atoms with E-state index in [0.717, 1.165) is 0 Å². The number of hydrogen-bond donors (Lipinski definition) is 1. The monoisotopic (exact) mass is 226 g/mol. The molecule has 0 radical (unpaired) electrons. The van der Waals surface area contributed by atoms with Crippen LogP contribution in [0.25, 0.3) is 0 Å². The van der Waals surface area contributed by atoms with Crippen LogP contribution in [0, 0.1) is 0 Å². The number of halogens is 4. The maximum absolute atomic E-state index is 12.3. The molecule has 0 aliphatic carbocycles. The van der Waals surface area contributed by atoms with E-state index in [2.05, 4.69) is 4.98 Å². The van der Waals surface area contributed by atoms with E-state index < -0.39 is 12.1 Å². The average Bonchev–Trinajstić information content (AvgIpc) is 2.02. The molecule has 0 amide bonds. The molecule has 1 heterocycles. The molecule has 6 heteroatoms. The van der Waals surface area contributed by atoms with Crippen LogP contribution in [-0.4, -0.2) is 4.98 Å². The van der Waals surface area contributed by atoms with Gasteiger partial charge in [-0.25, -0.2) is 13.8 Å². The number of pyridine rings is 1. The van der Waals surface area contributed by atoms with Crippen molar-refractivity contribution in [3.63, 3.8) is 0 Å². The second-order valence-corrected chi connectivity index (χ2v) is 3.00. The quantitative estimate of drug-likeness (QED) is 0.788. The van der Waals surface area contributed by atoms with Crippen molar-refractivity contribution in [1.29, 1.82) is 0 Å². The summed E-state index contributed by atoms with van der Waals surface area (Å²) in [4.78, 5) is 3.46. The molecule has 0 saturated heterocycles. The van der Waals surface area contributed by atoms with Gasteiger partial charge in [0.15, 0.2) is 0 Å². The van der Waals surface area contributed by atoms with E-state index >= 15 is 0 Å². The molecule has 0 bridgehead atoms. The summed E-state index contributed by atoms with van der Waals surface area (Å²) in [6.07, 6.45) is -2.71. The van der Waals surface area contributed by atoms with Gasteiger partial charge >= 0.3 is 0 Å². The van der Waals surface area contributed by atoms with Gasteiger partial charge in [-0.15, -0.1) is 11.6 Å². The van der Waals surface area contributed by atoms with E-state index in [9.17, 15) is 8.78 Å². The van der Waals surface area contributed by atoms with E-state index in [0.29, 0.717) is 0 Å². The van der Waals surface area contributed by atoms with Gasteiger partial charge in [-0.1, -0.05) is 11.6 Å². The first-order valence-electron chi connectivity index (χ1n) is 3.35. The fraction of sp³-hybridized carbons (Fsp3) is 0.286. The van der Waals surface area contributed by atoms with Crippen LogP contribution in [-0.2, 0) is 5.88 Å². The normalized spacial score (nSPS) is 10.8. The number of rotatable bonds is 2. The van der Waals surface area contributed by atoms with Gasteiger partial charge in [0.25, 0.3) is 6.43 Å². The van der Waals surface area contributed by atoms with Gasteiger partial charge in [0.2, 0.25) is 0 Å². The molecule has 0 atom stereocenters. The molecule has 0 fully saturated rings. The summed E-state index contributed by atoms with van der Waals surface area (Å²) in [5.74, 6) is -0.139. The van der Waals surface area contributed by atoms with Crippen LogP contribution in [0.4, 0.5) is 14.6 Å². The Balaban J connectivity index is 3.29. The summed E-state index contributed by atoms with van der Waals surface area (Å²) < 4.78 is 24.7. The van der Waals surface area contributed by atoms with E-state index in [1.165, 1.54) is 6.07 Å². The first-order valence-corrected chi connectivity index (χ1v) is 4.26. The van der Waals surface area contributed by atoms with Crippen LogP contribution in [0.5, 0.6) is 0 Å². The third-order valence-corrected chi connectivity index (χ3v) is 2.07. The fourth-order valence-electron chi connectivity index (χ4n) is 0.891. The van der Waals surface area contributed by atoms with Crippen molar-refractivity contribution < 1.29 is 8.78 Å². The second-order valence-electron chi connectivity index (χ2n) is 2.33. The number of alkyl halides is 3. The molecule has 0 aliphatic heterocycles. The third-order valence-electron chi connectivity index (χ3n) is 1.46. The highest BCUT2D eigenvalue weighted by Crippen LogP contribution is 2.29. The van der Waals surface area contributed by atoms with Gasteiger partial charge < -0.3 is 5.73 Å². The lowest BCUT2D eigenvalue weighted by atomic mass is 10.2. The number of hydrogen-bond acceptors (Lipinski definition) is 2. The summed E-state index contributed by atoms with van der Waals surface area (Å²) in [5, 5.41) is 0.123. The number of anilines is 1. The number of aromatic nitrogens is 1. The molecule has 0 aliphatic rings. The average molecular weight is 227 g/mol. The Morgan fingerprint density at radius 3 is 2.62 bits per heavy atom. The minimum atomic E-state index is -2.71. The number of nitrogens with two attached hydrogens (primary N) is 1. The Morgan fingerprint density at radius 1 is 1.54 bits per heavy atom. The first-order chi connectivity index (χ1) is 6.06. The summed E-state index contributed by atoms with van der Waals surface area (Å²) in [7, 11) is 0. The summed E-state index contributed by atoms with van der Waals surface area (Å²) in [5.41, 5.74) is 4.94. The number of nitrogen functional groups attached to an aromatic ring is 1. The molecular formula is C7H6Cl2F2N2. The Morgan fingerprint density at radius 2 is 2.15 bits per heavy atom. The maximum atomic E-state index is 12.3. The van der Waals surface area contributed by atoms with Crippen molar-refractivity contribution in [3.8, 4) is 0 Å². The molecule has 0 spiro atoms. The van der Waals surface area contributed by atoms with E-state index in [1.807, 2.05) is 0 Å². The first kappa shape index (κ1) is 10.5. The highest BCUT2D eigenvalue weighted by molar-refractivity contribution is 6.32. The Hall–Kier alpha value is -0.610. The minimum Gasteiger partial charge on any atom is -0.384 e. The molecule has 0 aromatic carbocycles. The van der Waals surface area contributed by atoms with Gasteiger partial charge in [-0.05, 0) is 6.07 Å². The SMILES string of the molecule is Nc1cc(Cl)c(CCl)c(C(F)F)n1. The van der Waals surface area contributed by atoms with E-state index in [1.54, 1.807) is 0 Å². The molecule has 2 nitrogen and oxygen atoms in total. The lowest BCUT2D eigenvalue weighted by molar-refractivity contribution is 0.145. The molecule has 1 aromatic rings. The highest BCUT2D eigenvalue weighted by atomic mass is 35.5. The van der Waals surface area contributed by atoms with Gasteiger partial charge in [-0.3, -0.25) is 0 Å². The van der Waals surface area contributed by atoms with Crippen molar-refractivity contribution >= 4 is 29.0 Å². The molecule has 72 valence electrons. The van der Waals surface area contributed by atoms with Crippen LogP contribution in [0.15, 0.2) is 6.07 Å². The van der Waals surface area contributed by atoms with Crippen LogP contribution in [0.2, 0.25) is 5.02 Å². The molecular weight excluding hydrogens is 221 g/mol. The van der Waals surface area contributed by atoms with Crippen LogP contribution in [0.3, 0.4) is 0 Å². The largest absolute Gasteiger partial charge is 0.384 e. The fourth-order valence-corrected chi connectivity index (χ4v) is 1.52. The molecule has 13 heavy (non-hydrogen) atoms. The standard InChI is InChI=1S/C7H6Cl2F2N2/c8-2-3-4(9)1-5(12)13-6(3)7(10)11/h1,7H,2H2,(H2,12,13).